The van der Waals surface area contributed by atoms with E-state index in [9.17, 15) is 14.7 Å². The highest BCUT2D eigenvalue weighted by molar-refractivity contribution is 7.99. The van der Waals surface area contributed by atoms with Crippen molar-refractivity contribution >= 4 is 23.6 Å². The van der Waals surface area contributed by atoms with Crippen LogP contribution in [0.5, 0.6) is 0 Å². The first-order chi connectivity index (χ1) is 12.4. The Balaban J connectivity index is 1.88. The number of aliphatic carboxylic acids is 1. The van der Waals surface area contributed by atoms with E-state index in [4.69, 9.17) is 4.74 Å². The van der Waals surface area contributed by atoms with Crippen molar-refractivity contribution in [3.05, 3.63) is 59.7 Å². The van der Waals surface area contributed by atoms with E-state index in [0.717, 1.165) is 15.4 Å². The van der Waals surface area contributed by atoms with Crippen LogP contribution in [0.1, 0.15) is 22.8 Å². The molecule has 2 aromatic carbocycles. The van der Waals surface area contributed by atoms with Crippen LogP contribution in [0.3, 0.4) is 0 Å². The smallest absolute Gasteiger partial charge is 0.334 e. The van der Waals surface area contributed by atoms with Gasteiger partial charge in [-0.25, -0.2) is 4.79 Å². The summed E-state index contributed by atoms with van der Waals surface area (Å²) in [6.45, 7) is 4.21. The second-order valence-corrected chi connectivity index (χ2v) is 7.51. The molecule has 1 N–H and O–H groups in total. The van der Waals surface area contributed by atoms with E-state index in [1.807, 2.05) is 55.5 Å². The van der Waals surface area contributed by atoms with Crippen molar-refractivity contribution in [2.45, 2.75) is 35.8 Å². The number of morpholine rings is 1. The molecule has 0 aromatic heterocycles. The maximum atomic E-state index is 13.1. The Morgan fingerprint density at radius 1 is 1.15 bits per heavy atom. The van der Waals surface area contributed by atoms with E-state index in [1.165, 1.54) is 11.8 Å². The summed E-state index contributed by atoms with van der Waals surface area (Å²) >= 11 is 1.53. The molecule has 6 heteroatoms. The zero-order valence-electron chi connectivity index (χ0n) is 14.7. The molecular weight excluding hydrogens is 350 g/mol. The number of rotatable bonds is 4. The van der Waals surface area contributed by atoms with Crippen LogP contribution in [0.2, 0.25) is 0 Å². The number of carboxylic acid groups (broad SMARTS) is 1. The van der Waals surface area contributed by atoms with Gasteiger partial charge in [-0.2, -0.15) is 0 Å². The lowest BCUT2D eigenvalue weighted by atomic mass is 10.1. The summed E-state index contributed by atoms with van der Waals surface area (Å²) in [7, 11) is 0. The molecule has 2 aromatic rings. The summed E-state index contributed by atoms with van der Waals surface area (Å²) in [4.78, 5) is 27.9. The van der Waals surface area contributed by atoms with Gasteiger partial charge in [-0.15, -0.1) is 0 Å². The standard InChI is InChI=1S/C20H21NO4S/c1-13-8-9-16(18(10-13)26-15-6-4-3-5-7-15)19(22)21-11-14(2)25-17(12-21)20(23)24/h3-10,14,17H,11-12H2,1-2H3,(H,23,24)/t14-,17?/m1/s1. The molecule has 2 atom stereocenters. The minimum Gasteiger partial charge on any atom is -0.479 e. The fourth-order valence-electron chi connectivity index (χ4n) is 2.93. The first-order valence-electron chi connectivity index (χ1n) is 8.45. The largest absolute Gasteiger partial charge is 0.479 e. The highest BCUT2D eigenvalue weighted by Gasteiger charge is 2.33. The Morgan fingerprint density at radius 3 is 2.58 bits per heavy atom. The molecule has 0 radical (unpaired) electrons. The maximum absolute atomic E-state index is 13.1. The van der Waals surface area contributed by atoms with Crippen LogP contribution in [-0.4, -0.2) is 47.2 Å². The van der Waals surface area contributed by atoms with Gasteiger partial charge in [-0.3, -0.25) is 4.79 Å². The molecular formula is C20H21NO4S. The Labute approximate surface area is 157 Å². The van der Waals surface area contributed by atoms with Gasteiger partial charge < -0.3 is 14.7 Å². The van der Waals surface area contributed by atoms with Gasteiger partial charge in [0.1, 0.15) is 0 Å². The Morgan fingerprint density at radius 2 is 1.88 bits per heavy atom. The number of aryl methyl sites for hydroxylation is 1. The summed E-state index contributed by atoms with van der Waals surface area (Å²) in [6, 6.07) is 15.6. The monoisotopic (exact) mass is 371 g/mol. The van der Waals surface area contributed by atoms with Crippen LogP contribution in [0.4, 0.5) is 0 Å². The minimum atomic E-state index is -1.04. The quantitative estimate of drug-likeness (QED) is 0.891. The van der Waals surface area contributed by atoms with E-state index in [2.05, 4.69) is 0 Å². The summed E-state index contributed by atoms with van der Waals surface area (Å²) in [5.74, 6) is -1.21. The Hall–Kier alpha value is -2.31. The van der Waals surface area contributed by atoms with Gasteiger partial charge in [0.15, 0.2) is 6.10 Å². The van der Waals surface area contributed by atoms with Crippen molar-refractivity contribution < 1.29 is 19.4 Å². The number of nitrogens with zero attached hydrogens (tertiary/aromatic N) is 1. The third kappa shape index (κ3) is 4.26. The number of hydrogen-bond acceptors (Lipinski definition) is 4. The molecule has 0 bridgehead atoms. The van der Waals surface area contributed by atoms with Crippen LogP contribution in [-0.2, 0) is 9.53 Å². The molecule has 1 saturated heterocycles. The molecule has 1 fully saturated rings. The third-order valence-corrected chi connectivity index (χ3v) is 5.23. The number of carboxylic acids is 1. The second-order valence-electron chi connectivity index (χ2n) is 6.40. The van der Waals surface area contributed by atoms with Gasteiger partial charge in [0.05, 0.1) is 18.2 Å². The molecule has 1 amide bonds. The fourth-order valence-corrected chi connectivity index (χ4v) is 3.99. The van der Waals surface area contributed by atoms with Crippen molar-refractivity contribution in [2.75, 3.05) is 13.1 Å². The molecule has 1 heterocycles. The van der Waals surface area contributed by atoms with E-state index >= 15 is 0 Å². The number of amides is 1. The number of benzene rings is 2. The average Bonchev–Trinajstić information content (AvgIpc) is 2.61. The number of carbonyl (C=O) groups is 2. The van der Waals surface area contributed by atoms with Crippen molar-refractivity contribution in [3.8, 4) is 0 Å². The summed E-state index contributed by atoms with van der Waals surface area (Å²) in [6.07, 6.45) is -1.30. The van der Waals surface area contributed by atoms with Gasteiger partial charge in [-0.1, -0.05) is 36.0 Å². The fraction of sp³-hybridized carbons (Fsp3) is 0.300. The molecule has 3 rings (SSSR count). The summed E-state index contributed by atoms with van der Waals surface area (Å²) < 4.78 is 5.41. The lowest BCUT2D eigenvalue weighted by Crippen LogP contribution is -2.51. The van der Waals surface area contributed by atoms with Crippen LogP contribution >= 0.6 is 11.8 Å². The molecule has 1 unspecified atom stereocenters. The molecule has 5 nitrogen and oxygen atoms in total. The Bertz CT molecular complexity index is 809. The normalized spacial score (nSPS) is 20.0. The number of hydrogen-bond donors (Lipinski definition) is 1. The van der Waals surface area contributed by atoms with Crippen LogP contribution < -0.4 is 0 Å². The molecule has 0 saturated carbocycles. The van der Waals surface area contributed by atoms with Gasteiger partial charge in [0.2, 0.25) is 0 Å². The third-order valence-electron chi connectivity index (χ3n) is 4.16. The molecule has 0 aliphatic carbocycles. The first kappa shape index (κ1) is 18.5. The van der Waals surface area contributed by atoms with Gasteiger partial charge in [0, 0.05) is 16.3 Å². The maximum Gasteiger partial charge on any atom is 0.334 e. The van der Waals surface area contributed by atoms with Crippen molar-refractivity contribution in [1.29, 1.82) is 0 Å². The van der Waals surface area contributed by atoms with E-state index in [-0.39, 0.29) is 18.6 Å². The lowest BCUT2D eigenvalue weighted by molar-refractivity contribution is -0.160. The van der Waals surface area contributed by atoms with Gasteiger partial charge in [-0.05, 0) is 43.7 Å². The lowest BCUT2D eigenvalue weighted by Gasteiger charge is -2.35. The topological polar surface area (TPSA) is 66.8 Å². The minimum absolute atomic E-state index is 0.0574. The highest BCUT2D eigenvalue weighted by Crippen LogP contribution is 2.32. The van der Waals surface area contributed by atoms with Gasteiger partial charge in [0.25, 0.3) is 5.91 Å². The second kappa shape index (κ2) is 7.93. The van der Waals surface area contributed by atoms with Crippen molar-refractivity contribution in [2.24, 2.45) is 0 Å². The zero-order valence-corrected chi connectivity index (χ0v) is 15.5. The highest BCUT2D eigenvalue weighted by atomic mass is 32.2. The molecule has 0 spiro atoms. The van der Waals surface area contributed by atoms with Crippen LogP contribution in [0.15, 0.2) is 58.3 Å². The van der Waals surface area contributed by atoms with E-state index in [1.54, 1.807) is 11.8 Å². The van der Waals surface area contributed by atoms with Gasteiger partial charge >= 0.3 is 5.97 Å². The number of carbonyl (C=O) groups excluding carboxylic acids is 1. The van der Waals surface area contributed by atoms with Crippen LogP contribution in [0.25, 0.3) is 0 Å². The Kier molecular flexibility index (Phi) is 5.64. The van der Waals surface area contributed by atoms with Crippen molar-refractivity contribution in [3.63, 3.8) is 0 Å². The summed E-state index contributed by atoms with van der Waals surface area (Å²) in [5.41, 5.74) is 1.65. The SMILES string of the molecule is Cc1ccc(C(=O)N2CC(C(=O)O)O[C@H](C)C2)c(Sc2ccccc2)c1. The van der Waals surface area contributed by atoms with Crippen molar-refractivity contribution in [1.82, 2.24) is 4.90 Å². The predicted molar refractivity (Wildman–Crippen MR) is 99.6 cm³/mol. The predicted octanol–water partition coefficient (Wildman–Crippen LogP) is 3.46. The number of ether oxygens (including phenoxy) is 1. The molecule has 1 aliphatic rings. The van der Waals surface area contributed by atoms with Crippen LogP contribution in [0, 0.1) is 6.92 Å². The molecule has 26 heavy (non-hydrogen) atoms. The summed E-state index contributed by atoms with van der Waals surface area (Å²) in [5, 5.41) is 9.24. The molecule has 136 valence electrons. The van der Waals surface area contributed by atoms with E-state index in [0.29, 0.717) is 12.1 Å². The first-order valence-corrected chi connectivity index (χ1v) is 9.27. The average molecular weight is 371 g/mol. The van der Waals surface area contributed by atoms with E-state index < -0.39 is 12.1 Å². The zero-order chi connectivity index (χ0) is 18.7. The molecule has 1 aliphatic heterocycles.